The van der Waals surface area contributed by atoms with E-state index in [2.05, 4.69) is 86.6 Å². The first kappa shape index (κ1) is 32.2. The smallest absolute Gasteiger partial charge is 0.167 e. The number of furan rings is 1. The fourth-order valence-electron chi connectivity index (χ4n) is 7.31. The monoisotopic (exact) mass is 680 g/mol. The molecule has 0 amide bonds. The average Bonchev–Trinajstić information content (AvgIpc) is 3.84. The second-order valence-corrected chi connectivity index (χ2v) is 13.9. The molecule has 1 aliphatic rings. The normalized spacial score (nSPS) is 14.3. The Kier molecular flexibility index (Phi) is 8.04. The molecule has 248 valence electrons. The van der Waals surface area contributed by atoms with Crippen LogP contribution in [0.25, 0.3) is 76.9 Å². The van der Waals surface area contributed by atoms with Gasteiger partial charge in [0.25, 0.3) is 0 Å². The maximum absolute atomic E-state index is 6.90. The van der Waals surface area contributed by atoms with Crippen molar-refractivity contribution < 1.29 is 4.42 Å². The molecule has 51 heavy (non-hydrogen) atoms. The van der Waals surface area contributed by atoms with Gasteiger partial charge < -0.3 is 4.42 Å². The molecule has 6 heteroatoms. The van der Waals surface area contributed by atoms with Gasteiger partial charge in [0, 0.05) is 38.5 Å². The van der Waals surface area contributed by atoms with Gasteiger partial charge in [-0.25, -0.2) is 19.9 Å². The molecule has 0 radical (unpaired) electrons. The number of benzene rings is 4. The van der Waals surface area contributed by atoms with Crippen molar-refractivity contribution in [2.45, 2.75) is 33.1 Å². The van der Waals surface area contributed by atoms with E-state index in [-0.39, 0.29) is 5.41 Å². The lowest BCUT2D eigenvalue weighted by Gasteiger charge is -2.22. The van der Waals surface area contributed by atoms with Gasteiger partial charge in [0.2, 0.25) is 0 Å². The van der Waals surface area contributed by atoms with E-state index in [0.717, 1.165) is 55.3 Å². The first-order valence-corrected chi connectivity index (χ1v) is 17.9. The number of para-hydroxylation sites is 2. The summed E-state index contributed by atoms with van der Waals surface area (Å²) in [6, 6.07) is 23.8. The minimum Gasteiger partial charge on any atom is -0.455 e. The summed E-state index contributed by atoms with van der Waals surface area (Å²) < 4.78 is 8.15. The van der Waals surface area contributed by atoms with Gasteiger partial charge in [-0.3, -0.25) is 0 Å². The number of thiazole rings is 1. The van der Waals surface area contributed by atoms with Gasteiger partial charge in [-0.2, -0.15) is 0 Å². The van der Waals surface area contributed by atoms with Gasteiger partial charge in [0.05, 0.1) is 21.3 Å². The highest BCUT2D eigenvalue weighted by Gasteiger charge is 2.37. The van der Waals surface area contributed by atoms with Crippen molar-refractivity contribution in [3.05, 3.63) is 157 Å². The molecule has 0 saturated carbocycles. The summed E-state index contributed by atoms with van der Waals surface area (Å²) in [5.74, 6) is 1.60. The molecule has 0 bridgehead atoms. The van der Waals surface area contributed by atoms with E-state index in [1.165, 1.54) is 27.0 Å². The van der Waals surface area contributed by atoms with E-state index in [4.69, 9.17) is 19.4 Å². The number of allylic oxidation sites excluding steroid dienone is 10. The van der Waals surface area contributed by atoms with Crippen LogP contribution in [0.4, 0.5) is 0 Å². The first-order chi connectivity index (χ1) is 24.9. The summed E-state index contributed by atoms with van der Waals surface area (Å²) in [4.78, 5) is 19.5. The SMILES string of the molecule is C=C/C=C(\C=C/C)c1nc(C(/C=C\C)=C/C=C)nc(-c2cccc3c2oc2c(-c4ccc5c(c4)C(C)(C)c4ccc6ncsc6c4-5)cccc23)n1. The number of hydrogen-bond donors (Lipinski definition) is 0. The Hall–Kier alpha value is -5.98. The second kappa shape index (κ2) is 12.7. The third-order valence-corrected chi connectivity index (χ3v) is 10.5. The van der Waals surface area contributed by atoms with Crippen LogP contribution in [-0.2, 0) is 5.41 Å². The third-order valence-electron chi connectivity index (χ3n) is 9.65. The van der Waals surface area contributed by atoms with Gasteiger partial charge >= 0.3 is 0 Å². The predicted octanol–water partition coefficient (Wildman–Crippen LogP) is 12.3. The maximum atomic E-state index is 6.90. The fourth-order valence-corrected chi connectivity index (χ4v) is 8.16. The molecular formula is C45H36N4OS. The molecule has 8 rings (SSSR count). The molecule has 0 spiro atoms. The number of hydrogen-bond acceptors (Lipinski definition) is 6. The summed E-state index contributed by atoms with van der Waals surface area (Å²) in [5.41, 5.74) is 14.2. The Balaban J connectivity index is 1.32. The number of aromatic nitrogens is 4. The fraction of sp³-hybridized carbons (Fsp3) is 0.111. The van der Waals surface area contributed by atoms with Crippen molar-refractivity contribution in [3.8, 4) is 33.6 Å². The lowest BCUT2D eigenvalue weighted by Crippen LogP contribution is -2.14. The summed E-state index contributed by atoms with van der Waals surface area (Å²) in [5, 5.41) is 2.04. The molecule has 0 fully saturated rings. The van der Waals surface area contributed by atoms with E-state index >= 15 is 0 Å². The Morgan fingerprint density at radius 2 is 1.37 bits per heavy atom. The van der Waals surface area contributed by atoms with Crippen molar-refractivity contribution in [1.82, 2.24) is 19.9 Å². The molecule has 0 aliphatic heterocycles. The molecule has 0 saturated heterocycles. The zero-order valence-corrected chi connectivity index (χ0v) is 29.9. The number of rotatable bonds is 8. The molecule has 0 unspecified atom stereocenters. The lowest BCUT2D eigenvalue weighted by molar-refractivity contribution is 0.660. The van der Waals surface area contributed by atoms with Crippen LogP contribution < -0.4 is 0 Å². The van der Waals surface area contributed by atoms with Crippen molar-refractivity contribution in [2.75, 3.05) is 0 Å². The minimum absolute atomic E-state index is 0.153. The van der Waals surface area contributed by atoms with Crippen LogP contribution in [0, 0.1) is 0 Å². The van der Waals surface area contributed by atoms with E-state index in [1.54, 1.807) is 23.5 Å². The van der Waals surface area contributed by atoms with Crippen LogP contribution in [0.2, 0.25) is 0 Å². The van der Waals surface area contributed by atoms with Crippen molar-refractivity contribution >= 4 is 54.6 Å². The lowest BCUT2D eigenvalue weighted by atomic mass is 9.81. The number of nitrogens with zero attached hydrogens (tertiary/aromatic N) is 4. The Labute approximate surface area is 301 Å². The Morgan fingerprint density at radius 3 is 2.02 bits per heavy atom. The van der Waals surface area contributed by atoms with E-state index in [0.29, 0.717) is 17.5 Å². The van der Waals surface area contributed by atoms with Crippen LogP contribution >= 0.6 is 11.3 Å². The highest BCUT2D eigenvalue weighted by atomic mass is 32.1. The van der Waals surface area contributed by atoms with Crippen LogP contribution in [0.15, 0.2) is 138 Å². The molecule has 1 aliphatic carbocycles. The highest BCUT2D eigenvalue weighted by molar-refractivity contribution is 7.17. The molecule has 0 atom stereocenters. The average molecular weight is 681 g/mol. The Bertz CT molecular complexity index is 2630. The zero-order chi connectivity index (χ0) is 35.3. The van der Waals surface area contributed by atoms with Gasteiger partial charge in [-0.05, 0) is 54.3 Å². The van der Waals surface area contributed by atoms with Gasteiger partial charge in [0.15, 0.2) is 17.5 Å². The largest absolute Gasteiger partial charge is 0.455 e. The molecule has 5 nitrogen and oxygen atoms in total. The van der Waals surface area contributed by atoms with Crippen LogP contribution in [-0.4, -0.2) is 19.9 Å². The minimum atomic E-state index is -0.153. The summed E-state index contributed by atoms with van der Waals surface area (Å²) in [6.07, 6.45) is 15.2. The molecule has 3 heterocycles. The summed E-state index contributed by atoms with van der Waals surface area (Å²) in [7, 11) is 0. The number of fused-ring (bicyclic) bond motifs is 8. The first-order valence-electron chi connectivity index (χ1n) is 17.0. The zero-order valence-electron chi connectivity index (χ0n) is 29.1. The van der Waals surface area contributed by atoms with E-state index in [9.17, 15) is 0 Å². The van der Waals surface area contributed by atoms with Crippen LogP contribution in [0.3, 0.4) is 0 Å². The van der Waals surface area contributed by atoms with E-state index in [1.807, 2.05) is 67.9 Å². The standard InChI is InChI=1S/C45H36N4OS/c1-7-13-27(14-8-2)42-47-43(28(15-9-3)16-10-4)49-44(48-42)34-20-12-19-32-31-18-11-17-30(39(31)50-40(32)34)29-21-22-33-36(25-29)45(5,6)35-23-24-37-41(38(33)35)51-26-46-37/h7-26H,1,3H2,2,4-6H3/b14-8-,16-10-,27-13+,28-15+. The molecule has 3 aromatic heterocycles. The molecule has 4 aromatic carbocycles. The Morgan fingerprint density at radius 1 is 0.725 bits per heavy atom. The summed E-state index contributed by atoms with van der Waals surface area (Å²) >= 11 is 1.71. The maximum Gasteiger partial charge on any atom is 0.167 e. The second-order valence-electron chi connectivity index (χ2n) is 13.1. The van der Waals surface area contributed by atoms with Crippen molar-refractivity contribution in [3.63, 3.8) is 0 Å². The van der Waals surface area contributed by atoms with Gasteiger partial charge in [0.1, 0.15) is 11.2 Å². The summed E-state index contributed by atoms with van der Waals surface area (Å²) in [6.45, 7) is 16.4. The third kappa shape index (κ3) is 5.22. The van der Waals surface area contributed by atoms with Gasteiger partial charge in [-0.1, -0.05) is 124 Å². The van der Waals surface area contributed by atoms with Gasteiger partial charge in [-0.15, -0.1) is 11.3 Å². The van der Waals surface area contributed by atoms with E-state index < -0.39 is 0 Å². The van der Waals surface area contributed by atoms with Crippen LogP contribution in [0.5, 0.6) is 0 Å². The molecular weight excluding hydrogens is 645 g/mol. The molecule has 0 N–H and O–H groups in total. The van der Waals surface area contributed by atoms with Crippen LogP contribution in [0.1, 0.15) is 50.5 Å². The molecule has 7 aromatic rings. The quantitative estimate of drug-likeness (QED) is 0.149. The highest BCUT2D eigenvalue weighted by Crippen LogP contribution is 2.53. The predicted molar refractivity (Wildman–Crippen MR) is 215 cm³/mol. The topological polar surface area (TPSA) is 64.7 Å². The van der Waals surface area contributed by atoms with Crippen molar-refractivity contribution in [2.24, 2.45) is 0 Å². The van der Waals surface area contributed by atoms with Crippen molar-refractivity contribution in [1.29, 1.82) is 0 Å².